The van der Waals surface area contributed by atoms with E-state index >= 15 is 0 Å². The number of carbonyl (C=O) groups excluding carboxylic acids is 1. The molecular formula is C9H17N3O5S. The van der Waals surface area contributed by atoms with E-state index < -0.39 is 27.9 Å². The molecule has 0 bridgehead atoms. The van der Waals surface area contributed by atoms with Crippen LogP contribution in [0.25, 0.3) is 0 Å². The number of likely N-dealkylation sites (tertiary alicyclic amines) is 1. The second-order valence-corrected chi connectivity index (χ2v) is 6.16. The zero-order chi connectivity index (χ0) is 13.9. The summed E-state index contributed by atoms with van der Waals surface area (Å²) < 4.78 is 21.3. The molecule has 8 nitrogen and oxygen atoms in total. The molecular weight excluding hydrogens is 262 g/mol. The molecule has 2 atom stereocenters. The van der Waals surface area contributed by atoms with Gasteiger partial charge in [0.25, 0.3) is 0 Å². The van der Waals surface area contributed by atoms with Gasteiger partial charge in [-0.3, -0.25) is 4.79 Å². The van der Waals surface area contributed by atoms with Gasteiger partial charge in [-0.05, 0) is 5.92 Å². The van der Waals surface area contributed by atoms with Crippen LogP contribution in [0.2, 0.25) is 0 Å². The van der Waals surface area contributed by atoms with Gasteiger partial charge in [0, 0.05) is 19.6 Å². The van der Waals surface area contributed by atoms with Crippen molar-refractivity contribution in [2.75, 3.05) is 25.4 Å². The largest absolute Gasteiger partial charge is 0.481 e. The number of nitrogens with two attached hydrogens (primary N) is 1. The van der Waals surface area contributed by atoms with E-state index in [1.54, 1.807) is 6.92 Å². The average molecular weight is 279 g/mol. The number of carboxylic acids is 1. The lowest BCUT2D eigenvalue weighted by molar-refractivity contribution is -0.142. The first-order valence-corrected chi connectivity index (χ1v) is 7.18. The molecule has 4 N–H and O–H groups in total. The highest BCUT2D eigenvalue weighted by Crippen LogP contribution is 2.22. The molecule has 0 radical (unpaired) electrons. The van der Waals surface area contributed by atoms with Crippen LogP contribution < -0.4 is 10.5 Å². The van der Waals surface area contributed by atoms with Gasteiger partial charge in [0.1, 0.15) is 0 Å². The average Bonchev–Trinajstić information content (AvgIpc) is 2.58. The maximum atomic E-state index is 11.6. The summed E-state index contributed by atoms with van der Waals surface area (Å²) in [5.74, 6) is -1.97. The number of rotatable bonds is 4. The molecule has 1 aliphatic heterocycles. The minimum atomic E-state index is -3.61. The molecule has 0 aromatic heterocycles. The fourth-order valence-electron chi connectivity index (χ4n) is 1.87. The maximum Gasteiger partial charge on any atom is 0.317 e. The molecule has 1 fully saturated rings. The summed E-state index contributed by atoms with van der Waals surface area (Å²) >= 11 is 0. The molecule has 18 heavy (non-hydrogen) atoms. The van der Waals surface area contributed by atoms with Crippen molar-refractivity contribution < 1.29 is 23.1 Å². The van der Waals surface area contributed by atoms with E-state index in [-0.39, 0.29) is 24.8 Å². The van der Waals surface area contributed by atoms with Crippen LogP contribution in [0.4, 0.5) is 4.79 Å². The van der Waals surface area contributed by atoms with E-state index in [1.165, 1.54) is 4.90 Å². The normalized spacial score (nSPS) is 24.0. The van der Waals surface area contributed by atoms with E-state index in [0.717, 1.165) is 0 Å². The minimum absolute atomic E-state index is 0.0830. The molecule has 104 valence electrons. The van der Waals surface area contributed by atoms with Crippen LogP contribution in [0.3, 0.4) is 0 Å². The van der Waals surface area contributed by atoms with Crippen LogP contribution in [-0.2, 0) is 14.8 Å². The lowest BCUT2D eigenvalue weighted by atomic mass is 9.99. The Balaban J connectivity index is 2.43. The van der Waals surface area contributed by atoms with Gasteiger partial charge in [0.15, 0.2) is 0 Å². The molecule has 0 aliphatic carbocycles. The lowest BCUT2D eigenvalue weighted by Crippen LogP contribution is -2.41. The van der Waals surface area contributed by atoms with Crippen molar-refractivity contribution in [2.24, 2.45) is 17.0 Å². The Morgan fingerprint density at radius 2 is 2.06 bits per heavy atom. The summed E-state index contributed by atoms with van der Waals surface area (Å²) in [5, 5.41) is 16.1. The molecule has 0 saturated carbocycles. The number of carbonyl (C=O) groups is 2. The molecule has 1 heterocycles. The van der Waals surface area contributed by atoms with Crippen LogP contribution in [0, 0.1) is 11.8 Å². The number of hydrogen-bond acceptors (Lipinski definition) is 4. The molecule has 1 aliphatic rings. The highest BCUT2D eigenvalue weighted by molar-refractivity contribution is 7.89. The van der Waals surface area contributed by atoms with Crippen LogP contribution in [0.1, 0.15) is 6.92 Å². The Kier molecular flexibility index (Phi) is 4.52. The second kappa shape index (κ2) is 5.53. The summed E-state index contributed by atoms with van der Waals surface area (Å²) in [6, 6.07) is -0.464. The monoisotopic (exact) mass is 279 g/mol. The van der Waals surface area contributed by atoms with Gasteiger partial charge in [-0.1, -0.05) is 6.92 Å². The number of hydrogen-bond donors (Lipinski definition) is 3. The van der Waals surface area contributed by atoms with Gasteiger partial charge in [-0.25, -0.2) is 18.4 Å². The van der Waals surface area contributed by atoms with Gasteiger partial charge in [0.05, 0.1) is 11.7 Å². The maximum absolute atomic E-state index is 11.6. The van der Waals surface area contributed by atoms with Gasteiger partial charge < -0.3 is 15.3 Å². The SMILES string of the molecule is C[C@@H]1CN(C(=O)NCCS(N)(=O)=O)C[C@H]1C(=O)O. The van der Waals surface area contributed by atoms with E-state index in [1.807, 2.05) is 0 Å². The number of nitrogens with one attached hydrogen (secondary N) is 1. The number of nitrogens with zero attached hydrogens (tertiary/aromatic N) is 1. The lowest BCUT2D eigenvalue weighted by Gasteiger charge is -2.16. The first-order chi connectivity index (χ1) is 8.20. The Labute approximate surface area is 105 Å². The van der Waals surface area contributed by atoms with E-state index in [2.05, 4.69) is 5.32 Å². The van der Waals surface area contributed by atoms with Crippen LogP contribution in [-0.4, -0.2) is 55.8 Å². The number of aliphatic carboxylic acids is 1. The third-order valence-electron chi connectivity index (χ3n) is 2.88. The summed E-state index contributed by atoms with van der Waals surface area (Å²) in [4.78, 5) is 23.9. The summed E-state index contributed by atoms with van der Waals surface area (Å²) in [7, 11) is -3.61. The Morgan fingerprint density at radius 3 is 2.50 bits per heavy atom. The fraction of sp³-hybridized carbons (Fsp3) is 0.778. The Hall–Kier alpha value is -1.35. The van der Waals surface area contributed by atoms with Crippen LogP contribution in [0.5, 0.6) is 0 Å². The predicted octanol–water partition coefficient (Wildman–Crippen LogP) is -1.36. The number of urea groups is 1. The summed E-state index contributed by atoms with van der Waals surface area (Å²) in [6.45, 7) is 2.16. The molecule has 0 aromatic carbocycles. The highest BCUT2D eigenvalue weighted by Gasteiger charge is 2.36. The van der Waals surface area contributed by atoms with Crippen molar-refractivity contribution in [1.82, 2.24) is 10.2 Å². The van der Waals surface area contributed by atoms with Crippen molar-refractivity contribution in [3.8, 4) is 0 Å². The third-order valence-corrected chi connectivity index (χ3v) is 3.65. The third kappa shape index (κ3) is 4.15. The zero-order valence-corrected chi connectivity index (χ0v) is 10.8. The van der Waals surface area contributed by atoms with Crippen LogP contribution >= 0.6 is 0 Å². The van der Waals surface area contributed by atoms with E-state index in [4.69, 9.17) is 10.2 Å². The smallest absolute Gasteiger partial charge is 0.317 e. The minimum Gasteiger partial charge on any atom is -0.481 e. The Bertz CT molecular complexity index is 435. The molecule has 0 unspecified atom stereocenters. The summed E-state index contributed by atoms with van der Waals surface area (Å²) in [5.41, 5.74) is 0. The molecule has 2 amide bonds. The molecule has 1 rings (SSSR count). The van der Waals surface area contributed by atoms with Crippen molar-refractivity contribution in [1.29, 1.82) is 0 Å². The number of sulfonamides is 1. The van der Waals surface area contributed by atoms with Crippen molar-refractivity contribution in [3.05, 3.63) is 0 Å². The van der Waals surface area contributed by atoms with Gasteiger partial charge in [0.2, 0.25) is 10.0 Å². The first kappa shape index (κ1) is 14.7. The zero-order valence-electron chi connectivity index (χ0n) is 10.00. The number of primary sulfonamides is 1. The van der Waals surface area contributed by atoms with Gasteiger partial charge in [-0.2, -0.15) is 0 Å². The van der Waals surface area contributed by atoms with Crippen molar-refractivity contribution in [3.63, 3.8) is 0 Å². The van der Waals surface area contributed by atoms with Gasteiger partial charge in [-0.15, -0.1) is 0 Å². The number of amides is 2. The fourth-order valence-corrected chi connectivity index (χ4v) is 2.25. The van der Waals surface area contributed by atoms with Gasteiger partial charge >= 0.3 is 12.0 Å². The predicted molar refractivity (Wildman–Crippen MR) is 63.2 cm³/mol. The highest BCUT2D eigenvalue weighted by atomic mass is 32.2. The standard InChI is InChI=1S/C9H17N3O5S/c1-6-4-12(5-7(6)8(13)14)9(15)11-2-3-18(10,16)17/h6-7H,2-5H2,1H3,(H,11,15)(H,13,14)(H2,10,16,17)/t6-,7-/m1/s1. The van der Waals surface area contributed by atoms with Crippen LogP contribution in [0.15, 0.2) is 0 Å². The van der Waals surface area contributed by atoms with Crippen molar-refractivity contribution >= 4 is 22.0 Å². The molecule has 0 aromatic rings. The topological polar surface area (TPSA) is 130 Å². The number of carboxylic acid groups (broad SMARTS) is 1. The van der Waals surface area contributed by atoms with E-state index in [0.29, 0.717) is 6.54 Å². The second-order valence-electron chi connectivity index (χ2n) is 4.43. The van der Waals surface area contributed by atoms with E-state index in [9.17, 15) is 18.0 Å². The Morgan fingerprint density at radius 1 is 1.44 bits per heavy atom. The molecule has 1 saturated heterocycles. The first-order valence-electron chi connectivity index (χ1n) is 5.47. The molecule has 9 heteroatoms. The summed E-state index contributed by atoms with van der Waals surface area (Å²) in [6.07, 6.45) is 0. The molecule has 0 spiro atoms. The quantitative estimate of drug-likeness (QED) is 0.585. The van der Waals surface area contributed by atoms with Crippen molar-refractivity contribution in [2.45, 2.75) is 6.92 Å².